The first-order valence-corrected chi connectivity index (χ1v) is 9.72. The van der Waals surface area contributed by atoms with Gasteiger partial charge in [0.15, 0.2) is 5.54 Å². The van der Waals surface area contributed by atoms with Gasteiger partial charge >= 0.3 is 12.1 Å². The average Bonchev–Trinajstić information content (AvgIpc) is 2.70. The van der Waals surface area contributed by atoms with Gasteiger partial charge in [-0.25, -0.2) is 20.0 Å². The van der Waals surface area contributed by atoms with Crippen LogP contribution >= 0.6 is 0 Å². The predicted molar refractivity (Wildman–Crippen MR) is 113 cm³/mol. The third-order valence-corrected chi connectivity index (χ3v) is 4.42. The fourth-order valence-corrected chi connectivity index (χ4v) is 2.92. The summed E-state index contributed by atoms with van der Waals surface area (Å²) in [7, 11) is 0. The summed E-state index contributed by atoms with van der Waals surface area (Å²) in [5, 5.41) is 0.965. The molecule has 0 aliphatic rings. The minimum atomic E-state index is -1.46. The van der Waals surface area contributed by atoms with Gasteiger partial charge in [-0.15, -0.1) is 0 Å². The van der Waals surface area contributed by atoms with Crippen LogP contribution in [0.5, 0.6) is 0 Å². The average molecular weight is 412 g/mol. The van der Waals surface area contributed by atoms with Crippen molar-refractivity contribution in [1.82, 2.24) is 10.4 Å². The molecule has 0 bridgehead atoms. The number of hydrazine groups is 1. The number of rotatable bonds is 6. The second-order valence-electron chi connectivity index (χ2n) is 7.47. The fourth-order valence-electron chi connectivity index (χ4n) is 2.92. The van der Waals surface area contributed by atoms with E-state index in [2.05, 4.69) is 5.43 Å². The van der Waals surface area contributed by atoms with Gasteiger partial charge in [-0.3, -0.25) is 4.79 Å². The third kappa shape index (κ3) is 5.83. The molecule has 0 heterocycles. The Balaban J connectivity index is 2.27. The van der Waals surface area contributed by atoms with Gasteiger partial charge in [-0.1, -0.05) is 47.5 Å². The number of nitrogens with one attached hydrogen (secondary N) is 1. The van der Waals surface area contributed by atoms with Crippen molar-refractivity contribution >= 4 is 18.0 Å². The van der Waals surface area contributed by atoms with E-state index >= 15 is 0 Å². The highest BCUT2D eigenvalue weighted by atomic mass is 16.6. The second kappa shape index (κ2) is 9.91. The van der Waals surface area contributed by atoms with Crippen LogP contribution in [0.15, 0.2) is 48.5 Å². The lowest BCUT2D eigenvalue weighted by atomic mass is 10.0. The molecule has 0 fully saturated rings. The number of hydrogen-bond acceptors (Lipinski definition) is 5. The van der Waals surface area contributed by atoms with Crippen LogP contribution in [0.1, 0.15) is 47.8 Å². The molecule has 30 heavy (non-hydrogen) atoms. The molecule has 7 nitrogen and oxygen atoms in total. The Bertz CT molecular complexity index is 889. The topological polar surface area (TPSA) is 84.9 Å². The number of ether oxygens (including phenoxy) is 2. The molecule has 2 amide bonds. The number of amides is 2. The summed E-state index contributed by atoms with van der Waals surface area (Å²) in [5.74, 6) is -1.19. The highest BCUT2D eigenvalue weighted by Crippen LogP contribution is 2.20. The number of benzene rings is 2. The van der Waals surface area contributed by atoms with Crippen molar-refractivity contribution in [2.75, 3.05) is 6.61 Å². The molecule has 0 atom stereocenters. The highest BCUT2D eigenvalue weighted by Gasteiger charge is 2.41. The summed E-state index contributed by atoms with van der Waals surface area (Å²) in [6.45, 7) is 8.58. The molecule has 2 rings (SSSR count). The monoisotopic (exact) mass is 412 g/mol. The third-order valence-electron chi connectivity index (χ3n) is 4.42. The van der Waals surface area contributed by atoms with Gasteiger partial charge in [0.05, 0.1) is 6.61 Å². The van der Waals surface area contributed by atoms with Gasteiger partial charge in [-0.05, 0) is 52.3 Å². The zero-order valence-electron chi connectivity index (χ0n) is 18.0. The molecule has 2 aromatic carbocycles. The molecule has 7 heteroatoms. The van der Waals surface area contributed by atoms with E-state index in [1.165, 1.54) is 13.8 Å². The van der Waals surface area contributed by atoms with Crippen molar-refractivity contribution in [3.05, 3.63) is 70.8 Å². The van der Waals surface area contributed by atoms with Crippen LogP contribution in [0.3, 0.4) is 0 Å². The molecule has 0 radical (unpaired) electrons. The zero-order chi connectivity index (χ0) is 22.3. The number of carbonyl (C=O) groups is 3. The Morgan fingerprint density at radius 1 is 0.967 bits per heavy atom. The summed E-state index contributed by atoms with van der Waals surface area (Å²) in [5.41, 5.74) is 3.88. The molecule has 2 aromatic rings. The number of esters is 1. The largest absolute Gasteiger partial charge is 0.464 e. The van der Waals surface area contributed by atoms with Gasteiger partial charge in [0.1, 0.15) is 6.61 Å². The minimum absolute atomic E-state index is 0.0259. The van der Waals surface area contributed by atoms with Crippen LogP contribution in [0.2, 0.25) is 0 Å². The number of hydrogen-bond donors (Lipinski definition) is 1. The lowest BCUT2D eigenvalue weighted by Crippen LogP contribution is -2.61. The summed E-state index contributed by atoms with van der Waals surface area (Å²) in [6, 6.07) is 14.5. The maximum Gasteiger partial charge on any atom is 0.426 e. The summed E-state index contributed by atoms with van der Waals surface area (Å²) >= 11 is 0. The van der Waals surface area contributed by atoms with Gasteiger partial charge < -0.3 is 9.47 Å². The van der Waals surface area contributed by atoms with E-state index < -0.39 is 23.5 Å². The van der Waals surface area contributed by atoms with Crippen LogP contribution in [0.25, 0.3) is 0 Å². The smallest absolute Gasteiger partial charge is 0.426 e. The second-order valence-corrected chi connectivity index (χ2v) is 7.47. The predicted octanol–water partition coefficient (Wildman–Crippen LogP) is 3.93. The van der Waals surface area contributed by atoms with E-state index in [1.54, 1.807) is 19.1 Å². The number of nitrogens with zero attached hydrogens (tertiary/aromatic N) is 1. The van der Waals surface area contributed by atoms with Crippen LogP contribution < -0.4 is 5.43 Å². The zero-order valence-corrected chi connectivity index (χ0v) is 18.0. The first-order valence-electron chi connectivity index (χ1n) is 9.72. The van der Waals surface area contributed by atoms with Crippen LogP contribution in [0, 0.1) is 13.8 Å². The fraction of sp³-hybridized carbons (Fsp3) is 0.348. The Morgan fingerprint density at radius 2 is 1.57 bits per heavy atom. The summed E-state index contributed by atoms with van der Waals surface area (Å²) < 4.78 is 10.3. The van der Waals surface area contributed by atoms with Crippen molar-refractivity contribution in [1.29, 1.82) is 0 Å². The van der Waals surface area contributed by atoms with Crippen LogP contribution in [-0.4, -0.2) is 35.1 Å². The highest BCUT2D eigenvalue weighted by molar-refractivity contribution is 5.99. The summed E-state index contributed by atoms with van der Waals surface area (Å²) in [6.07, 6.45) is -0.853. The molecule has 0 aromatic heterocycles. The van der Waals surface area contributed by atoms with Crippen LogP contribution in [0.4, 0.5) is 4.79 Å². The Morgan fingerprint density at radius 3 is 2.13 bits per heavy atom. The van der Waals surface area contributed by atoms with Crippen LogP contribution in [-0.2, 0) is 20.9 Å². The molecule has 160 valence electrons. The van der Waals surface area contributed by atoms with Crippen molar-refractivity contribution in [3.63, 3.8) is 0 Å². The molecular weight excluding hydrogens is 384 g/mol. The number of carbonyl (C=O) groups excluding carboxylic acids is 3. The van der Waals surface area contributed by atoms with Crippen molar-refractivity contribution in [2.24, 2.45) is 0 Å². The first-order chi connectivity index (χ1) is 14.1. The minimum Gasteiger partial charge on any atom is -0.464 e. The molecule has 0 saturated carbocycles. The van der Waals surface area contributed by atoms with Gasteiger partial charge in [-0.2, -0.15) is 0 Å². The van der Waals surface area contributed by atoms with E-state index in [4.69, 9.17) is 9.47 Å². The quantitative estimate of drug-likeness (QED) is 0.574. The molecule has 0 spiro atoms. The number of aryl methyl sites for hydroxylation is 2. The van der Waals surface area contributed by atoms with Crippen molar-refractivity contribution in [2.45, 2.75) is 46.8 Å². The van der Waals surface area contributed by atoms with E-state index in [0.717, 1.165) is 21.7 Å². The molecule has 0 saturated heterocycles. The molecule has 1 N–H and O–H groups in total. The van der Waals surface area contributed by atoms with E-state index in [0.29, 0.717) is 5.56 Å². The lowest BCUT2D eigenvalue weighted by Gasteiger charge is -2.35. The molecular formula is C23H28N2O5. The van der Waals surface area contributed by atoms with E-state index in [1.807, 2.05) is 50.2 Å². The standard InChI is InChI=1S/C23H28N2O5/c1-6-29-21(27)23(4,5)25(20(26)19-13-16(2)12-17(3)14-19)24-22(28)30-15-18-10-8-7-9-11-18/h7-14H,6,15H2,1-5H3,(H,24,28). The Kier molecular flexibility index (Phi) is 7.58. The maximum atomic E-state index is 13.3. The van der Waals surface area contributed by atoms with E-state index in [9.17, 15) is 14.4 Å². The Labute approximate surface area is 176 Å². The van der Waals surface area contributed by atoms with Gasteiger partial charge in [0.2, 0.25) is 0 Å². The SMILES string of the molecule is CCOC(=O)C(C)(C)N(NC(=O)OCc1ccccc1)C(=O)c1cc(C)cc(C)c1. The summed E-state index contributed by atoms with van der Waals surface area (Å²) in [4.78, 5) is 38.2. The van der Waals surface area contributed by atoms with E-state index in [-0.39, 0.29) is 13.2 Å². The first kappa shape index (κ1) is 22.9. The molecule has 0 aliphatic heterocycles. The van der Waals surface area contributed by atoms with Gasteiger partial charge in [0, 0.05) is 5.56 Å². The van der Waals surface area contributed by atoms with Gasteiger partial charge in [0.25, 0.3) is 5.91 Å². The molecule has 0 aliphatic carbocycles. The van der Waals surface area contributed by atoms with Crippen molar-refractivity contribution < 1.29 is 23.9 Å². The lowest BCUT2D eigenvalue weighted by molar-refractivity contribution is -0.155. The van der Waals surface area contributed by atoms with Crippen molar-refractivity contribution in [3.8, 4) is 0 Å². The Hall–Kier alpha value is -3.35. The normalized spacial score (nSPS) is 10.8. The maximum absolute atomic E-state index is 13.3. The molecule has 0 unspecified atom stereocenters.